The second-order valence-electron chi connectivity index (χ2n) is 9.81. The minimum atomic E-state index is -5.45. The van der Waals surface area contributed by atoms with Crippen molar-refractivity contribution in [2.45, 2.75) is 32.2 Å². The van der Waals surface area contributed by atoms with Gasteiger partial charge in [-0.25, -0.2) is 24.5 Å². The quantitative estimate of drug-likeness (QED) is 0.160. The Morgan fingerprint density at radius 2 is 1.81 bits per heavy atom. The molecule has 0 atom stereocenters. The average molecular weight is 683 g/mol. The van der Waals surface area contributed by atoms with Crippen LogP contribution in [-0.2, 0) is 30.1 Å². The number of alkyl halides is 6. The number of hydrazine groups is 1. The smallest absolute Gasteiger partial charge is 0.435 e. The molecule has 1 N–H and O–H groups in total. The second-order valence-corrected chi connectivity index (χ2v) is 10.2. The molecule has 0 fully saturated rings. The fourth-order valence-corrected chi connectivity index (χ4v) is 4.75. The van der Waals surface area contributed by atoms with Crippen LogP contribution < -0.4 is 5.43 Å². The van der Waals surface area contributed by atoms with Gasteiger partial charge in [-0.1, -0.05) is 11.6 Å². The second kappa shape index (κ2) is 13.1. The number of hydrogen-bond acceptors (Lipinski definition) is 8. The summed E-state index contributed by atoms with van der Waals surface area (Å²) in [5.74, 6) is -1.79. The number of halogens is 7. The van der Waals surface area contributed by atoms with E-state index in [0.29, 0.717) is 11.9 Å². The first-order chi connectivity index (χ1) is 22.0. The van der Waals surface area contributed by atoms with Gasteiger partial charge < -0.3 is 9.30 Å². The van der Waals surface area contributed by atoms with Gasteiger partial charge in [-0.3, -0.25) is 15.0 Å². The maximum absolute atomic E-state index is 13.8. The van der Waals surface area contributed by atoms with Crippen molar-refractivity contribution in [3.8, 4) is 11.9 Å². The Morgan fingerprint density at radius 3 is 2.40 bits per heavy atom. The van der Waals surface area contributed by atoms with Gasteiger partial charge in [0.05, 0.1) is 42.3 Å². The molecule has 0 saturated heterocycles. The molecule has 246 valence electrons. The SMILES string of the molecule is COC(=O)N(C)NC(=O)c1cc(C#N)cc(C)c1CC(=O)c1cc(Cn2cnc(C(F)(F)F)c2C(F)(F)F)nn1-c1ncccc1Cl. The van der Waals surface area contributed by atoms with Crippen LogP contribution in [0.5, 0.6) is 0 Å². The fourth-order valence-electron chi connectivity index (χ4n) is 4.55. The Morgan fingerprint density at radius 1 is 1.11 bits per heavy atom. The first kappa shape index (κ1) is 34.4. The summed E-state index contributed by atoms with van der Waals surface area (Å²) in [4.78, 5) is 45.8. The van der Waals surface area contributed by atoms with Gasteiger partial charge in [-0.15, -0.1) is 0 Å². The van der Waals surface area contributed by atoms with Gasteiger partial charge in [0, 0.05) is 25.2 Å². The third kappa shape index (κ3) is 7.35. The van der Waals surface area contributed by atoms with E-state index in [4.69, 9.17) is 11.6 Å². The highest BCUT2D eigenvalue weighted by Gasteiger charge is 2.47. The summed E-state index contributed by atoms with van der Waals surface area (Å²) in [5.41, 5.74) is -2.23. The number of nitriles is 1. The molecule has 3 aromatic heterocycles. The Labute approximate surface area is 266 Å². The number of methoxy groups -OCH3 is 1. The average Bonchev–Trinajstić information content (AvgIpc) is 3.62. The molecular weight excluding hydrogens is 662 g/mol. The molecular formula is C28H21ClF6N8O4. The van der Waals surface area contributed by atoms with E-state index < -0.39 is 54.5 Å². The molecule has 2 amide bonds. The standard InChI is InChI=1S/C28H21ClF6N8O4/c1-14-7-15(11-36)8-18(25(45)40-41(2)26(46)47-3)17(14)10-21(44)20-9-16(39-43(20)24-19(29)5-4-6-37-24)12-42-13-38-22(27(30,31)32)23(42)28(33,34)35/h4-9,13H,10,12H2,1-3H3,(H,40,45). The molecule has 12 nitrogen and oxygen atoms in total. The van der Waals surface area contributed by atoms with Crippen molar-refractivity contribution in [2.75, 3.05) is 14.2 Å². The number of carbonyl (C=O) groups is 3. The number of pyridine rings is 1. The molecule has 4 rings (SSSR count). The lowest BCUT2D eigenvalue weighted by Crippen LogP contribution is -2.43. The Hall–Kier alpha value is -5.44. The summed E-state index contributed by atoms with van der Waals surface area (Å²) in [7, 11) is 2.27. The Bertz CT molecular complexity index is 1910. The number of aryl methyl sites for hydroxylation is 1. The van der Waals surface area contributed by atoms with Crippen LogP contribution in [0, 0.1) is 18.3 Å². The van der Waals surface area contributed by atoms with Gasteiger partial charge in [0.15, 0.2) is 23.0 Å². The number of nitrogens with one attached hydrogen (secondary N) is 1. The summed E-state index contributed by atoms with van der Waals surface area (Å²) >= 11 is 6.27. The van der Waals surface area contributed by atoms with E-state index in [1.54, 1.807) is 0 Å². The van der Waals surface area contributed by atoms with Crippen LogP contribution in [0.2, 0.25) is 5.02 Å². The van der Waals surface area contributed by atoms with Crippen molar-refractivity contribution in [2.24, 2.45) is 0 Å². The van der Waals surface area contributed by atoms with E-state index in [0.717, 1.165) is 22.9 Å². The van der Waals surface area contributed by atoms with E-state index in [1.807, 2.05) is 6.07 Å². The number of amides is 2. The molecule has 0 bridgehead atoms. The molecule has 19 heteroatoms. The summed E-state index contributed by atoms with van der Waals surface area (Å²) in [6, 6.07) is 8.36. The normalized spacial score (nSPS) is 11.6. The van der Waals surface area contributed by atoms with Crippen molar-refractivity contribution in [1.82, 2.24) is 34.8 Å². The lowest BCUT2D eigenvalue weighted by atomic mass is 9.93. The maximum atomic E-state index is 13.8. The number of Topliss-reactive ketones (excluding diaryl/α,β-unsaturated/α-hetero) is 1. The molecule has 0 aliphatic carbocycles. The Balaban J connectivity index is 1.80. The third-order valence-electron chi connectivity index (χ3n) is 6.59. The van der Waals surface area contributed by atoms with Crippen LogP contribution in [-0.4, -0.2) is 61.3 Å². The van der Waals surface area contributed by atoms with E-state index in [2.05, 4.69) is 25.2 Å². The van der Waals surface area contributed by atoms with Crippen molar-refractivity contribution in [3.05, 3.63) is 92.9 Å². The number of hydrogen-bond donors (Lipinski definition) is 1. The molecule has 0 spiro atoms. The number of ketones is 1. The molecule has 1 aromatic carbocycles. The largest absolute Gasteiger partial charge is 0.452 e. The van der Waals surface area contributed by atoms with Gasteiger partial charge in [0.1, 0.15) is 5.69 Å². The van der Waals surface area contributed by atoms with Gasteiger partial charge in [0.25, 0.3) is 5.91 Å². The highest BCUT2D eigenvalue weighted by Crippen LogP contribution is 2.39. The van der Waals surface area contributed by atoms with Crippen molar-refractivity contribution in [1.29, 1.82) is 5.26 Å². The fraction of sp³-hybridized carbons (Fsp3) is 0.250. The predicted molar refractivity (Wildman–Crippen MR) is 149 cm³/mol. The van der Waals surface area contributed by atoms with E-state index in [1.165, 1.54) is 44.4 Å². The van der Waals surface area contributed by atoms with Crippen LogP contribution >= 0.6 is 11.6 Å². The lowest BCUT2D eigenvalue weighted by molar-refractivity contribution is -0.167. The van der Waals surface area contributed by atoms with Crippen LogP contribution in [0.1, 0.15) is 54.6 Å². The first-order valence-electron chi connectivity index (χ1n) is 13.0. The van der Waals surface area contributed by atoms with E-state index in [9.17, 15) is 46.0 Å². The number of nitrogens with zero attached hydrogens (tertiary/aromatic N) is 7. The number of rotatable bonds is 7. The summed E-state index contributed by atoms with van der Waals surface area (Å²) in [6.45, 7) is 0.623. The van der Waals surface area contributed by atoms with Gasteiger partial charge in [-0.2, -0.15) is 36.7 Å². The predicted octanol–water partition coefficient (Wildman–Crippen LogP) is 5.15. The van der Waals surface area contributed by atoms with Crippen LogP contribution in [0.3, 0.4) is 0 Å². The van der Waals surface area contributed by atoms with E-state index >= 15 is 0 Å². The minimum absolute atomic E-state index is 0.0327. The maximum Gasteiger partial charge on any atom is 0.435 e. The minimum Gasteiger partial charge on any atom is -0.452 e. The van der Waals surface area contributed by atoms with E-state index in [-0.39, 0.29) is 43.5 Å². The highest BCUT2D eigenvalue weighted by atomic mass is 35.5. The van der Waals surface area contributed by atoms with Crippen molar-refractivity contribution < 1.29 is 45.5 Å². The van der Waals surface area contributed by atoms with Gasteiger partial charge in [-0.05, 0) is 48.4 Å². The highest BCUT2D eigenvalue weighted by molar-refractivity contribution is 6.32. The number of aromatic nitrogens is 5. The zero-order chi connectivity index (χ0) is 34.8. The molecule has 0 unspecified atom stereocenters. The van der Waals surface area contributed by atoms with Crippen LogP contribution in [0.25, 0.3) is 5.82 Å². The zero-order valence-corrected chi connectivity index (χ0v) is 25.1. The van der Waals surface area contributed by atoms with Gasteiger partial charge in [0.2, 0.25) is 0 Å². The topological polar surface area (TPSA) is 148 Å². The third-order valence-corrected chi connectivity index (χ3v) is 6.89. The zero-order valence-electron chi connectivity index (χ0n) is 24.4. The molecule has 0 aliphatic heterocycles. The number of carbonyl (C=O) groups excluding carboxylic acids is 3. The van der Waals surface area contributed by atoms with Crippen LogP contribution in [0.4, 0.5) is 31.1 Å². The van der Waals surface area contributed by atoms with Crippen LogP contribution in [0.15, 0.2) is 42.9 Å². The summed E-state index contributed by atoms with van der Waals surface area (Å²) in [6.07, 6.45) is -10.7. The molecule has 0 radical (unpaired) electrons. The number of benzene rings is 1. The number of ether oxygens (including phenoxy) is 1. The summed E-state index contributed by atoms with van der Waals surface area (Å²) in [5, 5.41) is 14.3. The van der Waals surface area contributed by atoms with Crippen molar-refractivity contribution >= 4 is 29.4 Å². The number of imidazole rings is 1. The molecule has 3 heterocycles. The summed E-state index contributed by atoms with van der Waals surface area (Å²) < 4.78 is 86.9. The van der Waals surface area contributed by atoms with Gasteiger partial charge >= 0.3 is 18.4 Å². The lowest BCUT2D eigenvalue weighted by Gasteiger charge is -2.19. The molecule has 0 saturated carbocycles. The van der Waals surface area contributed by atoms with Crippen molar-refractivity contribution in [3.63, 3.8) is 0 Å². The molecule has 47 heavy (non-hydrogen) atoms. The Kier molecular flexibility index (Phi) is 9.61. The molecule has 0 aliphatic rings. The monoisotopic (exact) mass is 682 g/mol. The molecule has 4 aromatic rings. The first-order valence-corrected chi connectivity index (χ1v) is 13.4.